The summed E-state index contributed by atoms with van der Waals surface area (Å²) < 4.78 is 5.35. The van der Waals surface area contributed by atoms with E-state index < -0.39 is 0 Å². The largest absolute Gasteiger partial charge is 0.496 e. The second-order valence-electron chi connectivity index (χ2n) is 5.03. The van der Waals surface area contributed by atoms with Crippen LogP contribution < -0.4 is 10.5 Å². The molecular formula is C14H23N3O. The molecule has 0 atom stereocenters. The topological polar surface area (TPSA) is 62.3 Å². The molecule has 1 rings (SSSR count). The Morgan fingerprint density at radius 1 is 1.44 bits per heavy atom. The van der Waals surface area contributed by atoms with E-state index in [0.717, 1.165) is 30.0 Å². The van der Waals surface area contributed by atoms with E-state index >= 15 is 0 Å². The van der Waals surface area contributed by atoms with E-state index in [2.05, 4.69) is 25.8 Å². The van der Waals surface area contributed by atoms with Gasteiger partial charge in [-0.15, -0.1) is 0 Å². The van der Waals surface area contributed by atoms with Crippen molar-refractivity contribution < 1.29 is 4.74 Å². The number of hydrogen-bond acceptors (Lipinski definition) is 3. The zero-order chi connectivity index (χ0) is 13.7. The van der Waals surface area contributed by atoms with Gasteiger partial charge < -0.3 is 15.4 Å². The van der Waals surface area contributed by atoms with Gasteiger partial charge in [-0.3, -0.25) is 5.41 Å². The van der Waals surface area contributed by atoms with Gasteiger partial charge in [0, 0.05) is 24.2 Å². The molecule has 0 aliphatic rings. The van der Waals surface area contributed by atoms with E-state index in [4.69, 9.17) is 15.9 Å². The van der Waals surface area contributed by atoms with Crippen LogP contribution in [0.15, 0.2) is 18.2 Å². The predicted molar refractivity (Wildman–Crippen MR) is 75.2 cm³/mol. The van der Waals surface area contributed by atoms with Crippen LogP contribution in [0.3, 0.4) is 0 Å². The SMILES string of the molecule is COc1ccc(C(=N)N)cc1CN(C)CC(C)C. The third-order valence-electron chi connectivity index (χ3n) is 2.71. The van der Waals surface area contributed by atoms with Gasteiger partial charge in [-0.1, -0.05) is 13.8 Å². The summed E-state index contributed by atoms with van der Waals surface area (Å²) in [6, 6.07) is 5.61. The molecule has 0 bridgehead atoms. The third kappa shape index (κ3) is 4.04. The zero-order valence-corrected chi connectivity index (χ0v) is 11.7. The smallest absolute Gasteiger partial charge is 0.123 e. The molecule has 4 heteroatoms. The Morgan fingerprint density at radius 2 is 2.11 bits per heavy atom. The first-order valence-electron chi connectivity index (χ1n) is 6.14. The highest BCUT2D eigenvalue weighted by atomic mass is 16.5. The number of nitrogens with two attached hydrogens (primary N) is 1. The molecule has 0 saturated carbocycles. The van der Waals surface area contributed by atoms with E-state index in [9.17, 15) is 0 Å². The molecule has 0 spiro atoms. The van der Waals surface area contributed by atoms with Crippen molar-refractivity contribution in [3.05, 3.63) is 29.3 Å². The van der Waals surface area contributed by atoms with Crippen LogP contribution in [0, 0.1) is 11.3 Å². The van der Waals surface area contributed by atoms with Crippen molar-refractivity contribution in [2.75, 3.05) is 20.7 Å². The van der Waals surface area contributed by atoms with Gasteiger partial charge in [0.2, 0.25) is 0 Å². The minimum atomic E-state index is 0.0883. The van der Waals surface area contributed by atoms with Crippen molar-refractivity contribution in [3.8, 4) is 5.75 Å². The monoisotopic (exact) mass is 249 g/mol. The number of rotatable bonds is 6. The number of nitrogen functional groups attached to an aromatic ring is 1. The first kappa shape index (κ1) is 14.5. The Hall–Kier alpha value is -1.55. The van der Waals surface area contributed by atoms with Crippen LogP contribution in [-0.2, 0) is 6.54 Å². The van der Waals surface area contributed by atoms with Crippen molar-refractivity contribution in [1.29, 1.82) is 5.41 Å². The van der Waals surface area contributed by atoms with E-state index in [1.807, 2.05) is 18.2 Å². The average molecular weight is 249 g/mol. The van der Waals surface area contributed by atoms with E-state index in [1.165, 1.54) is 0 Å². The van der Waals surface area contributed by atoms with E-state index in [-0.39, 0.29) is 5.84 Å². The second kappa shape index (κ2) is 6.40. The number of amidine groups is 1. The number of ether oxygens (including phenoxy) is 1. The molecule has 4 nitrogen and oxygen atoms in total. The predicted octanol–water partition coefficient (Wildman–Crippen LogP) is 2.07. The standard InChI is InChI=1S/C14H23N3O/c1-10(2)8-17(3)9-12-7-11(14(15)16)5-6-13(12)18-4/h5-7,10H,8-9H2,1-4H3,(H3,15,16). The molecule has 0 aromatic heterocycles. The maximum Gasteiger partial charge on any atom is 0.123 e. The molecule has 100 valence electrons. The van der Waals surface area contributed by atoms with Gasteiger partial charge in [-0.25, -0.2) is 0 Å². The molecule has 0 amide bonds. The Kier molecular flexibility index (Phi) is 5.16. The number of hydrogen-bond donors (Lipinski definition) is 2. The first-order chi connectivity index (χ1) is 8.43. The first-order valence-corrected chi connectivity index (χ1v) is 6.14. The molecule has 3 N–H and O–H groups in total. The fraction of sp³-hybridized carbons (Fsp3) is 0.500. The van der Waals surface area contributed by atoms with Crippen LogP contribution in [0.25, 0.3) is 0 Å². The van der Waals surface area contributed by atoms with Gasteiger partial charge in [-0.2, -0.15) is 0 Å². The van der Waals surface area contributed by atoms with Crippen LogP contribution >= 0.6 is 0 Å². The molecule has 0 unspecified atom stereocenters. The van der Waals surface area contributed by atoms with Gasteiger partial charge in [-0.05, 0) is 31.2 Å². The highest BCUT2D eigenvalue weighted by Gasteiger charge is 2.09. The zero-order valence-electron chi connectivity index (χ0n) is 11.7. The molecule has 0 saturated heterocycles. The minimum absolute atomic E-state index is 0.0883. The minimum Gasteiger partial charge on any atom is -0.496 e. The lowest BCUT2D eigenvalue weighted by Crippen LogP contribution is -2.23. The third-order valence-corrected chi connectivity index (χ3v) is 2.71. The van der Waals surface area contributed by atoms with Crippen LogP contribution in [0.4, 0.5) is 0 Å². The van der Waals surface area contributed by atoms with Crippen molar-refractivity contribution in [2.24, 2.45) is 11.7 Å². The summed E-state index contributed by atoms with van der Waals surface area (Å²) in [7, 11) is 3.74. The summed E-state index contributed by atoms with van der Waals surface area (Å²) in [5.41, 5.74) is 7.32. The van der Waals surface area contributed by atoms with Gasteiger partial charge >= 0.3 is 0 Å². The maximum atomic E-state index is 7.48. The Labute approximate surface area is 109 Å². The van der Waals surface area contributed by atoms with Gasteiger partial charge in [0.25, 0.3) is 0 Å². The Bertz CT molecular complexity index is 416. The molecule has 0 aliphatic heterocycles. The molecular weight excluding hydrogens is 226 g/mol. The van der Waals surface area contributed by atoms with Crippen LogP contribution in [0.1, 0.15) is 25.0 Å². The lowest BCUT2D eigenvalue weighted by Gasteiger charge is -2.20. The van der Waals surface area contributed by atoms with Crippen molar-refractivity contribution in [3.63, 3.8) is 0 Å². The van der Waals surface area contributed by atoms with Crippen molar-refractivity contribution in [2.45, 2.75) is 20.4 Å². The van der Waals surface area contributed by atoms with Crippen molar-refractivity contribution >= 4 is 5.84 Å². The molecule has 0 aliphatic carbocycles. The van der Waals surface area contributed by atoms with Gasteiger partial charge in [0.05, 0.1) is 7.11 Å². The summed E-state index contributed by atoms with van der Waals surface area (Å²) >= 11 is 0. The number of nitrogens with zero attached hydrogens (tertiary/aromatic N) is 1. The summed E-state index contributed by atoms with van der Waals surface area (Å²) in [5.74, 6) is 1.55. The normalized spacial score (nSPS) is 11.0. The summed E-state index contributed by atoms with van der Waals surface area (Å²) in [5, 5.41) is 7.48. The highest BCUT2D eigenvalue weighted by molar-refractivity contribution is 5.95. The maximum absolute atomic E-state index is 7.48. The fourth-order valence-electron chi connectivity index (χ4n) is 2.05. The Morgan fingerprint density at radius 3 is 2.61 bits per heavy atom. The van der Waals surface area contributed by atoms with Crippen LogP contribution in [0.2, 0.25) is 0 Å². The van der Waals surface area contributed by atoms with Crippen LogP contribution in [-0.4, -0.2) is 31.4 Å². The van der Waals surface area contributed by atoms with Gasteiger partial charge in [0.15, 0.2) is 0 Å². The lowest BCUT2D eigenvalue weighted by molar-refractivity contribution is 0.283. The average Bonchev–Trinajstić information content (AvgIpc) is 2.27. The molecule has 1 aromatic carbocycles. The fourth-order valence-corrected chi connectivity index (χ4v) is 2.05. The second-order valence-corrected chi connectivity index (χ2v) is 5.03. The molecule has 0 radical (unpaired) electrons. The summed E-state index contributed by atoms with van der Waals surface area (Å²) in [6.45, 7) is 6.20. The van der Waals surface area contributed by atoms with Crippen molar-refractivity contribution in [1.82, 2.24) is 4.90 Å². The molecule has 1 aromatic rings. The molecule has 0 fully saturated rings. The molecule has 18 heavy (non-hydrogen) atoms. The summed E-state index contributed by atoms with van der Waals surface area (Å²) in [6.07, 6.45) is 0. The van der Waals surface area contributed by atoms with Crippen LogP contribution in [0.5, 0.6) is 5.75 Å². The Balaban J connectivity index is 2.90. The molecule has 0 heterocycles. The number of methoxy groups -OCH3 is 1. The van der Waals surface area contributed by atoms with E-state index in [0.29, 0.717) is 5.92 Å². The number of nitrogens with one attached hydrogen (secondary N) is 1. The quantitative estimate of drug-likeness (QED) is 0.599. The van der Waals surface area contributed by atoms with E-state index in [1.54, 1.807) is 7.11 Å². The highest BCUT2D eigenvalue weighted by Crippen LogP contribution is 2.21. The number of benzene rings is 1. The van der Waals surface area contributed by atoms with Gasteiger partial charge in [0.1, 0.15) is 11.6 Å². The summed E-state index contributed by atoms with van der Waals surface area (Å²) in [4.78, 5) is 2.24. The lowest BCUT2D eigenvalue weighted by atomic mass is 10.1.